The fourth-order valence-corrected chi connectivity index (χ4v) is 6.53. The van der Waals surface area contributed by atoms with Gasteiger partial charge in [0, 0.05) is 23.3 Å². The molecule has 0 spiro atoms. The van der Waals surface area contributed by atoms with Crippen LogP contribution in [0.5, 0.6) is 0 Å². The molecule has 2 aliphatic heterocycles. The van der Waals surface area contributed by atoms with Gasteiger partial charge in [0.15, 0.2) is 15.0 Å². The highest BCUT2D eigenvalue weighted by Crippen LogP contribution is 2.39. The van der Waals surface area contributed by atoms with Crippen LogP contribution >= 0.6 is 11.3 Å². The van der Waals surface area contributed by atoms with Gasteiger partial charge in [0.25, 0.3) is 0 Å². The number of carbonyl (C=O) groups is 1. The van der Waals surface area contributed by atoms with E-state index in [0.29, 0.717) is 11.6 Å². The summed E-state index contributed by atoms with van der Waals surface area (Å²) in [7, 11) is -3.04. The second-order valence-electron chi connectivity index (χ2n) is 6.44. The van der Waals surface area contributed by atoms with Gasteiger partial charge in [-0.25, -0.2) is 13.4 Å². The molecule has 0 N–H and O–H groups in total. The highest BCUT2D eigenvalue weighted by Gasteiger charge is 2.50. The Hall–Kier alpha value is -1.73. The zero-order valence-corrected chi connectivity index (χ0v) is 14.9. The molecule has 0 radical (unpaired) electrons. The predicted octanol–water partition coefficient (Wildman–Crippen LogP) is 2.52. The first kappa shape index (κ1) is 15.8. The van der Waals surface area contributed by atoms with Crippen molar-refractivity contribution in [3.8, 4) is 11.3 Å². The van der Waals surface area contributed by atoms with Crippen LogP contribution in [0.15, 0.2) is 29.6 Å². The number of sulfone groups is 1. The molecule has 5 nitrogen and oxygen atoms in total. The van der Waals surface area contributed by atoms with E-state index < -0.39 is 9.84 Å². The van der Waals surface area contributed by atoms with Crippen LogP contribution in [0.1, 0.15) is 18.9 Å². The third-order valence-corrected chi connectivity index (χ3v) is 7.46. The lowest BCUT2D eigenvalue weighted by Crippen LogP contribution is -2.36. The topological polar surface area (TPSA) is 67.3 Å². The summed E-state index contributed by atoms with van der Waals surface area (Å²) in [5.41, 5.74) is 3.11. The van der Waals surface area contributed by atoms with Crippen LogP contribution in [0.3, 0.4) is 0 Å². The van der Waals surface area contributed by atoms with Crippen LogP contribution in [0.25, 0.3) is 11.3 Å². The summed E-state index contributed by atoms with van der Waals surface area (Å²) in [6, 6.07) is 7.98. The van der Waals surface area contributed by atoms with Crippen LogP contribution in [0, 0.1) is 5.92 Å². The zero-order valence-electron chi connectivity index (χ0n) is 13.3. The van der Waals surface area contributed by atoms with E-state index in [9.17, 15) is 13.2 Å². The van der Waals surface area contributed by atoms with Gasteiger partial charge in [-0.05, 0) is 12.0 Å². The van der Waals surface area contributed by atoms with Crippen molar-refractivity contribution >= 4 is 32.2 Å². The Morgan fingerprint density at radius 3 is 2.71 bits per heavy atom. The molecule has 2 atom stereocenters. The van der Waals surface area contributed by atoms with E-state index >= 15 is 0 Å². The van der Waals surface area contributed by atoms with Gasteiger partial charge in [-0.15, -0.1) is 11.3 Å². The Balaban J connectivity index is 1.63. The molecule has 126 valence electrons. The van der Waals surface area contributed by atoms with Gasteiger partial charge in [0.05, 0.1) is 23.2 Å². The lowest BCUT2D eigenvalue weighted by molar-refractivity contribution is -0.117. The van der Waals surface area contributed by atoms with Crippen molar-refractivity contribution in [1.82, 2.24) is 4.98 Å². The normalized spacial score (nSPS) is 25.2. The summed E-state index contributed by atoms with van der Waals surface area (Å²) < 4.78 is 23.7. The number of fused-ring (bicyclic) bond motifs is 1. The average Bonchev–Trinajstić information content (AvgIpc) is 3.19. The number of benzene rings is 1. The average molecular weight is 362 g/mol. The first-order valence-electron chi connectivity index (χ1n) is 8.04. The SMILES string of the molecule is CCc1ccc(-c2csc(N3C(=O)CC4CS(=O)(=O)CC43)n2)cc1. The summed E-state index contributed by atoms with van der Waals surface area (Å²) in [4.78, 5) is 18.5. The predicted molar refractivity (Wildman–Crippen MR) is 95.0 cm³/mol. The number of hydrogen-bond donors (Lipinski definition) is 0. The Kier molecular flexibility index (Phi) is 3.73. The van der Waals surface area contributed by atoms with Crippen molar-refractivity contribution in [3.63, 3.8) is 0 Å². The Morgan fingerprint density at radius 1 is 1.25 bits per heavy atom. The fourth-order valence-electron chi connectivity index (χ4n) is 3.56. The monoisotopic (exact) mass is 362 g/mol. The van der Waals surface area contributed by atoms with Crippen LogP contribution in [0.2, 0.25) is 0 Å². The van der Waals surface area contributed by atoms with E-state index in [1.807, 2.05) is 17.5 Å². The van der Waals surface area contributed by atoms with Gasteiger partial charge in [-0.2, -0.15) is 0 Å². The second-order valence-corrected chi connectivity index (χ2v) is 9.43. The van der Waals surface area contributed by atoms with Gasteiger partial charge < -0.3 is 0 Å². The van der Waals surface area contributed by atoms with Crippen molar-refractivity contribution in [1.29, 1.82) is 0 Å². The Morgan fingerprint density at radius 2 is 2.00 bits per heavy atom. The molecular weight excluding hydrogens is 344 g/mol. The number of amides is 1. The molecule has 1 aromatic heterocycles. The van der Waals surface area contributed by atoms with E-state index in [1.165, 1.54) is 16.9 Å². The number of carbonyl (C=O) groups excluding carboxylic acids is 1. The number of anilines is 1. The summed E-state index contributed by atoms with van der Waals surface area (Å²) in [5.74, 6) is 0.0842. The molecule has 2 fully saturated rings. The molecule has 3 heterocycles. The molecule has 2 aliphatic rings. The lowest BCUT2D eigenvalue weighted by Gasteiger charge is -2.19. The second kappa shape index (κ2) is 5.67. The molecule has 1 aromatic carbocycles. The van der Waals surface area contributed by atoms with Gasteiger partial charge in [0.2, 0.25) is 5.91 Å². The zero-order chi connectivity index (χ0) is 16.9. The van der Waals surface area contributed by atoms with Crippen molar-refractivity contribution in [2.75, 3.05) is 16.4 Å². The number of hydrogen-bond acceptors (Lipinski definition) is 5. The minimum Gasteiger partial charge on any atom is -0.284 e. The molecule has 4 rings (SSSR count). The maximum atomic E-state index is 12.3. The van der Waals surface area contributed by atoms with E-state index in [-0.39, 0.29) is 29.4 Å². The van der Waals surface area contributed by atoms with Crippen LogP contribution in [0.4, 0.5) is 5.13 Å². The van der Waals surface area contributed by atoms with E-state index in [0.717, 1.165) is 17.7 Å². The summed E-state index contributed by atoms with van der Waals surface area (Å²) in [6.45, 7) is 2.11. The van der Waals surface area contributed by atoms with E-state index in [4.69, 9.17) is 0 Å². The summed E-state index contributed by atoms with van der Waals surface area (Å²) >= 11 is 1.40. The minimum absolute atomic E-state index is 0.0119. The maximum absolute atomic E-state index is 12.3. The molecule has 0 aliphatic carbocycles. The highest BCUT2D eigenvalue weighted by molar-refractivity contribution is 7.91. The van der Waals surface area contributed by atoms with Crippen LogP contribution < -0.4 is 4.90 Å². The van der Waals surface area contributed by atoms with Gasteiger partial charge in [-0.3, -0.25) is 9.69 Å². The maximum Gasteiger partial charge on any atom is 0.229 e. The largest absolute Gasteiger partial charge is 0.284 e. The smallest absolute Gasteiger partial charge is 0.229 e. The number of nitrogens with zero attached hydrogens (tertiary/aromatic N) is 2. The van der Waals surface area contributed by atoms with Crippen LogP contribution in [-0.2, 0) is 21.1 Å². The molecule has 1 amide bonds. The minimum atomic E-state index is -3.04. The number of aromatic nitrogens is 1. The lowest BCUT2D eigenvalue weighted by atomic mass is 10.1. The first-order chi connectivity index (χ1) is 11.5. The van der Waals surface area contributed by atoms with Crippen molar-refractivity contribution in [2.24, 2.45) is 5.92 Å². The molecule has 0 bridgehead atoms. The molecule has 2 unspecified atom stereocenters. The third-order valence-electron chi connectivity index (χ3n) is 4.83. The fraction of sp³-hybridized carbons (Fsp3) is 0.412. The van der Waals surface area contributed by atoms with E-state index in [2.05, 4.69) is 24.0 Å². The molecule has 2 aromatic rings. The molecule has 7 heteroatoms. The molecular formula is C17H18N2O3S2. The van der Waals surface area contributed by atoms with Gasteiger partial charge >= 0.3 is 0 Å². The van der Waals surface area contributed by atoms with Gasteiger partial charge in [-0.1, -0.05) is 31.2 Å². The van der Waals surface area contributed by atoms with Crippen molar-refractivity contribution < 1.29 is 13.2 Å². The first-order valence-corrected chi connectivity index (χ1v) is 10.7. The number of aryl methyl sites for hydroxylation is 1. The quantitative estimate of drug-likeness (QED) is 0.841. The van der Waals surface area contributed by atoms with Crippen LogP contribution in [-0.4, -0.2) is 36.9 Å². The Bertz CT molecular complexity index is 887. The highest BCUT2D eigenvalue weighted by atomic mass is 32.2. The number of thiazole rings is 1. The van der Waals surface area contributed by atoms with Crippen molar-refractivity contribution in [2.45, 2.75) is 25.8 Å². The van der Waals surface area contributed by atoms with Crippen molar-refractivity contribution in [3.05, 3.63) is 35.2 Å². The third kappa shape index (κ3) is 2.65. The number of rotatable bonds is 3. The molecule has 24 heavy (non-hydrogen) atoms. The summed E-state index contributed by atoms with van der Waals surface area (Å²) in [5, 5.41) is 2.54. The standard InChI is InChI=1S/C17H18N2O3S2/c1-2-11-3-5-12(6-4-11)14-8-23-17(18-14)19-15-10-24(21,22)9-13(15)7-16(19)20/h3-6,8,13,15H,2,7,9-10H2,1H3. The molecule has 2 saturated heterocycles. The van der Waals surface area contributed by atoms with E-state index in [1.54, 1.807) is 4.90 Å². The molecule has 0 saturated carbocycles. The van der Waals surface area contributed by atoms with Gasteiger partial charge in [0.1, 0.15) is 0 Å². The summed E-state index contributed by atoms with van der Waals surface area (Å²) in [6.07, 6.45) is 1.30. The Labute approximate surface area is 145 Å².